The van der Waals surface area contributed by atoms with Gasteiger partial charge in [-0.05, 0) is 18.6 Å². The van der Waals surface area contributed by atoms with Gasteiger partial charge in [-0.2, -0.15) is 0 Å². The molecule has 6 heteroatoms. The molecule has 0 aliphatic carbocycles. The summed E-state index contributed by atoms with van der Waals surface area (Å²) in [5.74, 6) is -1.72. The molecule has 2 aliphatic heterocycles. The lowest BCUT2D eigenvalue weighted by molar-refractivity contribution is -0.150. The number of carbonyl (C=O) groups excluding carboxylic acids is 2. The van der Waals surface area contributed by atoms with E-state index < -0.39 is 11.6 Å². The smallest absolute Gasteiger partial charge is 0.351 e. The maximum atomic E-state index is 12.7. The average Bonchev–Trinajstić information content (AvgIpc) is 2.82. The Morgan fingerprint density at radius 1 is 1.33 bits per heavy atom. The summed E-state index contributed by atoms with van der Waals surface area (Å²) in [5, 5.41) is 9.77. The number of para-hydroxylation sites is 1. The number of hydrogen-bond donors (Lipinski definition) is 1. The van der Waals surface area contributed by atoms with Gasteiger partial charge >= 0.3 is 5.97 Å². The fraction of sp³-hybridized carbons (Fsp3) is 0.400. The van der Waals surface area contributed by atoms with Crippen LogP contribution in [-0.2, 0) is 9.59 Å². The number of carboxylic acid groups (broad SMARTS) is 1. The zero-order valence-corrected chi connectivity index (χ0v) is 11.7. The Kier molecular flexibility index (Phi) is 2.97. The number of amides is 2. The van der Waals surface area contributed by atoms with Gasteiger partial charge in [-0.3, -0.25) is 14.5 Å². The van der Waals surface area contributed by atoms with Gasteiger partial charge in [0.1, 0.15) is 0 Å². The Labute approximate surface area is 122 Å². The summed E-state index contributed by atoms with van der Waals surface area (Å²) in [4.78, 5) is 39.5. The Hall–Kier alpha value is -2.37. The van der Waals surface area contributed by atoms with Crippen LogP contribution in [0.5, 0.6) is 0 Å². The molecule has 0 bridgehead atoms. The molecule has 1 aromatic rings. The monoisotopic (exact) mass is 288 g/mol. The van der Waals surface area contributed by atoms with Crippen molar-refractivity contribution < 1.29 is 19.5 Å². The predicted octanol–water partition coefficient (Wildman–Crippen LogP) is 1.46. The highest BCUT2D eigenvalue weighted by Crippen LogP contribution is 2.44. The molecule has 0 saturated carbocycles. The lowest BCUT2D eigenvalue weighted by Gasteiger charge is -2.47. The number of carbonyl (C=O) groups is 3. The number of hydrogen-bond acceptors (Lipinski definition) is 3. The Bertz CT molecular complexity index is 642. The molecular weight excluding hydrogens is 272 g/mol. The van der Waals surface area contributed by atoms with Crippen molar-refractivity contribution in [2.24, 2.45) is 0 Å². The number of aliphatic carboxylic acids is 1. The maximum Gasteiger partial charge on any atom is 0.351 e. The summed E-state index contributed by atoms with van der Waals surface area (Å²) in [7, 11) is 0. The van der Waals surface area contributed by atoms with E-state index in [-0.39, 0.29) is 24.7 Å². The van der Waals surface area contributed by atoms with Crippen molar-refractivity contribution >= 4 is 23.5 Å². The average molecular weight is 288 g/mol. The number of anilines is 1. The van der Waals surface area contributed by atoms with E-state index in [9.17, 15) is 19.5 Å². The second kappa shape index (κ2) is 4.58. The molecule has 2 heterocycles. The van der Waals surface area contributed by atoms with E-state index in [1.165, 1.54) is 9.80 Å². The maximum absolute atomic E-state index is 12.7. The van der Waals surface area contributed by atoms with Crippen LogP contribution in [0.4, 0.5) is 5.69 Å². The number of benzene rings is 1. The molecule has 1 aromatic carbocycles. The summed E-state index contributed by atoms with van der Waals surface area (Å²) >= 11 is 0. The highest BCUT2D eigenvalue weighted by molar-refractivity contribution is 6.15. The Morgan fingerprint density at radius 2 is 2.05 bits per heavy atom. The van der Waals surface area contributed by atoms with E-state index in [4.69, 9.17) is 0 Å². The highest BCUT2D eigenvalue weighted by Gasteiger charge is 2.60. The minimum atomic E-state index is -1.57. The molecule has 0 aromatic heterocycles. The van der Waals surface area contributed by atoms with Gasteiger partial charge in [0.05, 0.1) is 11.3 Å². The minimum absolute atomic E-state index is 0.126. The molecule has 3 rings (SSSR count). The summed E-state index contributed by atoms with van der Waals surface area (Å²) in [5.41, 5.74) is -0.781. The first-order valence-electron chi connectivity index (χ1n) is 7.01. The van der Waals surface area contributed by atoms with Crippen LogP contribution < -0.4 is 4.90 Å². The van der Waals surface area contributed by atoms with Gasteiger partial charge in [0.2, 0.25) is 11.6 Å². The van der Waals surface area contributed by atoms with Crippen LogP contribution in [0, 0.1) is 0 Å². The van der Waals surface area contributed by atoms with Crippen molar-refractivity contribution in [2.45, 2.75) is 31.8 Å². The first-order valence-corrected chi connectivity index (χ1v) is 7.01. The molecule has 0 radical (unpaired) electrons. The SMILES string of the molecule is CCCN1C(=O)c2ccccc2N2C(=O)CC[C@@]12C(=O)O. The molecule has 0 unspecified atom stereocenters. The standard InChI is InChI=1S/C15H16N2O4/c1-2-9-16-13(19)10-5-3-4-6-11(10)17-12(18)7-8-15(16,17)14(20)21/h3-6H,2,7-9H2,1H3,(H,20,21)/t15-/m1/s1. The van der Waals surface area contributed by atoms with Crippen molar-refractivity contribution in [1.29, 1.82) is 0 Å². The third-order valence-electron chi connectivity index (χ3n) is 4.16. The van der Waals surface area contributed by atoms with Crippen LogP contribution >= 0.6 is 0 Å². The van der Waals surface area contributed by atoms with Gasteiger partial charge in [0.25, 0.3) is 5.91 Å². The molecule has 1 saturated heterocycles. The van der Waals surface area contributed by atoms with Crippen LogP contribution in [0.1, 0.15) is 36.5 Å². The topological polar surface area (TPSA) is 77.9 Å². The summed E-state index contributed by atoms with van der Waals surface area (Å²) in [6.07, 6.45) is 0.889. The lowest BCUT2D eigenvalue weighted by atomic mass is 9.96. The first kappa shape index (κ1) is 13.6. The van der Waals surface area contributed by atoms with Gasteiger partial charge in [-0.1, -0.05) is 19.1 Å². The van der Waals surface area contributed by atoms with Crippen LogP contribution in [0.15, 0.2) is 24.3 Å². The van der Waals surface area contributed by atoms with Crippen molar-refractivity contribution in [3.63, 3.8) is 0 Å². The third kappa shape index (κ3) is 1.62. The highest BCUT2D eigenvalue weighted by atomic mass is 16.4. The van der Waals surface area contributed by atoms with Gasteiger partial charge in [-0.25, -0.2) is 4.79 Å². The van der Waals surface area contributed by atoms with Crippen LogP contribution in [0.3, 0.4) is 0 Å². The molecule has 1 N–H and O–H groups in total. The zero-order valence-electron chi connectivity index (χ0n) is 11.7. The fourth-order valence-electron chi connectivity index (χ4n) is 3.29. The van der Waals surface area contributed by atoms with Crippen molar-refractivity contribution in [2.75, 3.05) is 11.4 Å². The molecule has 0 spiro atoms. The Balaban J connectivity index is 2.27. The van der Waals surface area contributed by atoms with E-state index >= 15 is 0 Å². The van der Waals surface area contributed by atoms with E-state index in [0.717, 1.165) is 0 Å². The number of nitrogens with zero attached hydrogens (tertiary/aromatic N) is 2. The molecule has 1 fully saturated rings. The first-order chi connectivity index (χ1) is 10.0. The second-order valence-corrected chi connectivity index (χ2v) is 5.32. The van der Waals surface area contributed by atoms with E-state index in [1.54, 1.807) is 24.3 Å². The minimum Gasteiger partial charge on any atom is -0.478 e. The number of rotatable bonds is 3. The van der Waals surface area contributed by atoms with E-state index in [1.807, 2.05) is 6.92 Å². The Morgan fingerprint density at radius 3 is 2.71 bits per heavy atom. The molecule has 2 amide bonds. The van der Waals surface area contributed by atoms with Gasteiger partial charge in [0, 0.05) is 19.4 Å². The number of fused-ring (bicyclic) bond motifs is 3. The molecule has 6 nitrogen and oxygen atoms in total. The van der Waals surface area contributed by atoms with Crippen molar-refractivity contribution in [3.05, 3.63) is 29.8 Å². The second-order valence-electron chi connectivity index (χ2n) is 5.32. The lowest BCUT2D eigenvalue weighted by Crippen LogP contribution is -2.68. The summed E-state index contributed by atoms with van der Waals surface area (Å²) in [6, 6.07) is 6.70. The molecule has 2 aliphatic rings. The zero-order chi connectivity index (χ0) is 15.2. The quantitative estimate of drug-likeness (QED) is 0.913. The predicted molar refractivity (Wildman–Crippen MR) is 74.9 cm³/mol. The molecular formula is C15H16N2O4. The van der Waals surface area contributed by atoms with Crippen molar-refractivity contribution in [3.8, 4) is 0 Å². The van der Waals surface area contributed by atoms with Gasteiger partial charge in [0.15, 0.2) is 0 Å². The fourth-order valence-corrected chi connectivity index (χ4v) is 3.29. The molecule has 21 heavy (non-hydrogen) atoms. The van der Waals surface area contributed by atoms with Crippen LogP contribution in [-0.4, -0.2) is 40.0 Å². The van der Waals surface area contributed by atoms with Crippen LogP contribution in [0.2, 0.25) is 0 Å². The van der Waals surface area contributed by atoms with Gasteiger partial charge in [-0.15, -0.1) is 0 Å². The van der Waals surface area contributed by atoms with Crippen molar-refractivity contribution in [1.82, 2.24) is 4.90 Å². The molecule has 1 atom stereocenters. The van der Waals surface area contributed by atoms with E-state index in [0.29, 0.717) is 24.2 Å². The summed E-state index contributed by atoms with van der Waals surface area (Å²) in [6.45, 7) is 2.19. The summed E-state index contributed by atoms with van der Waals surface area (Å²) < 4.78 is 0. The largest absolute Gasteiger partial charge is 0.478 e. The van der Waals surface area contributed by atoms with Gasteiger partial charge < -0.3 is 10.0 Å². The van der Waals surface area contributed by atoms with E-state index in [2.05, 4.69) is 0 Å². The third-order valence-corrected chi connectivity index (χ3v) is 4.16. The number of carboxylic acids is 1. The normalized spacial score (nSPS) is 24.0. The van der Waals surface area contributed by atoms with Crippen LogP contribution in [0.25, 0.3) is 0 Å². The molecule has 110 valence electrons.